The summed E-state index contributed by atoms with van der Waals surface area (Å²) in [5.41, 5.74) is 3.79. The second-order valence-corrected chi connectivity index (χ2v) is 5.46. The van der Waals surface area contributed by atoms with E-state index >= 15 is 0 Å². The summed E-state index contributed by atoms with van der Waals surface area (Å²) >= 11 is 0. The summed E-state index contributed by atoms with van der Waals surface area (Å²) in [4.78, 5) is 6.55. The highest BCUT2D eigenvalue weighted by atomic mass is 19.1. The predicted octanol–water partition coefficient (Wildman–Crippen LogP) is 3.47. The highest BCUT2D eigenvalue weighted by Crippen LogP contribution is 2.16. The lowest BCUT2D eigenvalue weighted by molar-refractivity contribution is 0.448. The van der Waals surface area contributed by atoms with Gasteiger partial charge in [0.1, 0.15) is 6.67 Å². The van der Waals surface area contributed by atoms with Crippen molar-refractivity contribution < 1.29 is 4.39 Å². The third kappa shape index (κ3) is 3.19. The zero-order chi connectivity index (χ0) is 16.2. The van der Waals surface area contributed by atoms with Gasteiger partial charge in [0, 0.05) is 25.3 Å². The van der Waals surface area contributed by atoms with E-state index in [4.69, 9.17) is 0 Å². The van der Waals surface area contributed by atoms with E-state index in [2.05, 4.69) is 16.8 Å². The van der Waals surface area contributed by atoms with Gasteiger partial charge in [-0.15, -0.1) is 0 Å². The number of anilines is 1. The average Bonchev–Trinajstić information content (AvgIpc) is 2.92. The van der Waals surface area contributed by atoms with Crippen LogP contribution in [0.25, 0.3) is 11.0 Å². The number of imidazole rings is 1. The number of aryl methyl sites for hydroxylation is 1. The summed E-state index contributed by atoms with van der Waals surface area (Å²) in [7, 11) is 4.00. The fraction of sp³-hybridized carbons (Fsp3) is 0.211. The van der Waals surface area contributed by atoms with Gasteiger partial charge in [-0.25, -0.2) is 9.37 Å². The number of nitrogens with zero attached hydrogens (tertiary/aromatic N) is 3. The molecule has 1 heterocycles. The molecule has 116 valence electrons. The first-order chi connectivity index (χ1) is 11.2. The molecule has 0 spiro atoms. The number of para-hydroxylation sites is 2. The molecule has 3 aromatic rings. The molecule has 2 aromatic carbocycles. The maximum absolute atomic E-state index is 12.8. The first-order valence-electron chi connectivity index (χ1n) is 7.49. The molecule has 0 amide bonds. The summed E-state index contributed by atoms with van der Waals surface area (Å²) in [6, 6.07) is 15.7. The van der Waals surface area contributed by atoms with Crippen molar-refractivity contribution >= 4 is 16.7 Å². The SMILES string of the molecule is CN(C)c1ccc(C#Cc2nc3ccccc3n2CCF)cc1. The fourth-order valence-electron chi connectivity index (χ4n) is 2.45. The molecule has 0 saturated heterocycles. The van der Waals surface area contributed by atoms with Gasteiger partial charge in [-0.2, -0.15) is 0 Å². The Labute approximate surface area is 135 Å². The molecule has 3 rings (SSSR count). The largest absolute Gasteiger partial charge is 0.378 e. The maximum Gasteiger partial charge on any atom is 0.186 e. The Morgan fingerprint density at radius 2 is 1.78 bits per heavy atom. The third-order valence-corrected chi connectivity index (χ3v) is 3.67. The van der Waals surface area contributed by atoms with E-state index in [1.807, 2.05) is 72.1 Å². The van der Waals surface area contributed by atoms with Gasteiger partial charge in [0.05, 0.1) is 17.6 Å². The lowest BCUT2D eigenvalue weighted by Crippen LogP contribution is -2.07. The van der Waals surface area contributed by atoms with E-state index in [9.17, 15) is 4.39 Å². The average molecular weight is 307 g/mol. The highest BCUT2D eigenvalue weighted by molar-refractivity contribution is 5.76. The number of hydrogen-bond acceptors (Lipinski definition) is 2. The Balaban J connectivity index is 1.97. The predicted molar refractivity (Wildman–Crippen MR) is 92.5 cm³/mol. The third-order valence-electron chi connectivity index (χ3n) is 3.67. The first kappa shape index (κ1) is 15.1. The standard InChI is InChI=1S/C19H18FN3/c1-22(2)16-10-7-15(8-11-16)9-12-19-21-17-5-3-4-6-18(17)23(19)14-13-20/h3-8,10-11H,13-14H2,1-2H3. The van der Waals surface area contributed by atoms with Crippen molar-refractivity contribution in [1.29, 1.82) is 0 Å². The van der Waals surface area contributed by atoms with Gasteiger partial charge in [0.15, 0.2) is 5.82 Å². The van der Waals surface area contributed by atoms with Crippen molar-refractivity contribution in [2.24, 2.45) is 0 Å². The van der Waals surface area contributed by atoms with E-state index in [0.717, 1.165) is 22.3 Å². The van der Waals surface area contributed by atoms with E-state index in [0.29, 0.717) is 5.82 Å². The molecule has 0 aliphatic heterocycles. The lowest BCUT2D eigenvalue weighted by Gasteiger charge is -2.11. The van der Waals surface area contributed by atoms with Crippen LogP contribution in [0.2, 0.25) is 0 Å². The summed E-state index contributed by atoms with van der Waals surface area (Å²) in [6.07, 6.45) is 0. The second-order valence-electron chi connectivity index (χ2n) is 5.46. The van der Waals surface area contributed by atoms with Gasteiger partial charge in [-0.3, -0.25) is 0 Å². The Kier molecular flexibility index (Phi) is 4.29. The monoisotopic (exact) mass is 307 g/mol. The summed E-state index contributed by atoms with van der Waals surface area (Å²) in [5, 5.41) is 0. The molecule has 0 aliphatic carbocycles. The van der Waals surface area contributed by atoms with Gasteiger partial charge in [0.2, 0.25) is 0 Å². The zero-order valence-corrected chi connectivity index (χ0v) is 13.3. The molecule has 3 nitrogen and oxygen atoms in total. The molecular formula is C19H18FN3. The van der Waals surface area contributed by atoms with Crippen LogP contribution in [0.15, 0.2) is 48.5 Å². The summed E-state index contributed by atoms with van der Waals surface area (Å²) in [6.45, 7) is -0.170. The second kappa shape index (κ2) is 6.53. The Morgan fingerprint density at radius 1 is 1.04 bits per heavy atom. The maximum atomic E-state index is 12.8. The quantitative estimate of drug-likeness (QED) is 0.691. The number of hydrogen-bond donors (Lipinski definition) is 0. The summed E-state index contributed by atoms with van der Waals surface area (Å²) < 4.78 is 14.7. The van der Waals surface area contributed by atoms with Gasteiger partial charge in [0.25, 0.3) is 0 Å². The minimum Gasteiger partial charge on any atom is -0.378 e. The number of aromatic nitrogens is 2. The number of benzene rings is 2. The van der Waals surface area contributed by atoms with Crippen LogP contribution in [0.1, 0.15) is 11.4 Å². The number of fused-ring (bicyclic) bond motifs is 1. The van der Waals surface area contributed by atoms with Gasteiger partial charge in [-0.05, 0) is 42.3 Å². The van der Waals surface area contributed by atoms with Gasteiger partial charge < -0.3 is 9.47 Å². The van der Waals surface area contributed by atoms with E-state index in [-0.39, 0.29) is 6.54 Å². The Bertz CT molecular complexity index is 867. The number of rotatable bonds is 3. The Hall–Kier alpha value is -2.80. The Morgan fingerprint density at radius 3 is 2.48 bits per heavy atom. The van der Waals surface area contributed by atoms with Crippen LogP contribution in [0.3, 0.4) is 0 Å². The topological polar surface area (TPSA) is 21.1 Å². The molecular weight excluding hydrogens is 289 g/mol. The van der Waals surface area contributed by atoms with Crippen molar-refractivity contribution in [3.63, 3.8) is 0 Å². The van der Waals surface area contributed by atoms with Crippen molar-refractivity contribution in [3.8, 4) is 11.8 Å². The molecule has 0 aliphatic rings. The minimum atomic E-state index is -0.438. The van der Waals surface area contributed by atoms with Crippen molar-refractivity contribution in [2.45, 2.75) is 6.54 Å². The smallest absolute Gasteiger partial charge is 0.186 e. The minimum absolute atomic E-state index is 0.268. The molecule has 23 heavy (non-hydrogen) atoms. The van der Waals surface area contributed by atoms with Crippen molar-refractivity contribution in [3.05, 3.63) is 59.9 Å². The van der Waals surface area contributed by atoms with Crippen LogP contribution in [0.4, 0.5) is 10.1 Å². The van der Waals surface area contributed by atoms with E-state index in [1.165, 1.54) is 0 Å². The van der Waals surface area contributed by atoms with Crippen molar-refractivity contribution in [1.82, 2.24) is 9.55 Å². The van der Waals surface area contributed by atoms with Gasteiger partial charge >= 0.3 is 0 Å². The van der Waals surface area contributed by atoms with Crippen LogP contribution in [-0.2, 0) is 6.54 Å². The molecule has 0 radical (unpaired) electrons. The van der Waals surface area contributed by atoms with Crippen LogP contribution >= 0.6 is 0 Å². The van der Waals surface area contributed by atoms with Gasteiger partial charge in [-0.1, -0.05) is 18.1 Å². The molecule has 0 N–H and O–H groups in total. The fourth-order valence-corrected chi connectivity index (χ4v) is 2.45. The highest BCUT2D eigenvalue weighted by Gasteiger charge is 2.07. The summed E-state index contributed by atoms with van der Waals surface area (Å²) in [5.74, 6) is 6.78. The van der Waals surface area contributed by atoms with Crippen LogP contribution in [0, 0.1) is 11.8 Å². The normalized spacial score (nSPS) is 10.4. The molecule has 0 unspecified atom stereocenters. The number of alkyl halides is 1. The van der Waals surface area contributed by atoms with Crippen LogP contribution < -0.4 is 4.90 Å². The zero-order valence-electron chi connectivity index (χ0n) is 13.3. The van der Waals surface area contributed by atoms with E-state index in [1.54, 1.807) is 0 Å². The van der Waals surface area contributed by atoms with Crippen LogP contribution in [-0.4, -0.2) is 30.3 Å². The van der Waals surface area contributed by atoms with E-state index < -0.39 is 6.67 Å². The first-order valence-corrected chi connectivity index (χ1v) is 7.49. The number of halogens is 1. The molecule has 0 fully saturated rings. The lowest BCUT2D eigenvalue weighted by atomic mass is 10.2. The molecule has 0 bridgehead atoms. The molecule has 4 heteroatoms. The molecule has 1 aromatic heterocycles. The molecule has 0 saturated carbocycles. The van der Waals surface area contributed by atoms with Crippen LogP contribution in [0.5, 0.6) is 0 Å². The molecule has 0 atom stereocenters. The van der Waals surface area contributed by atoms with Crippen molar-refractivity contribution in [2.75, 3.05) is 25.7 Å².